The lowest BCUT2D eigenvalue weighted by Crippen LogP contribution is -2.30. The fourth-order valence-corrected chi connectivity index (χ4v) is 4.53. The molecule has 4 rings (SSSR count). The van der Waals surface area contributed by atoms with Crippen LogP contribution in [-0.4, -0.2) is 44.0 Å². The zero-order valence-corrected chi connectivity index (χ0v) is 15.0. The maximum Gasteiger partial charge on any atom is 0.326 e. The number of phenolic OH excluding ortho intramolecular Hbond substituents is 1. The Balaban J connectivity index is 1.80. The molecule has 8 nitrogen and oxygen atoms in total. The minimum Gasteiger partial charge on any atom is -0.506 e. The summed E-state index contributed by atoms with van der Waals surface area (Å²) in [5, 5.41) is 10.1. The lowest BCUT2D eigenvalue weighted by atomic mass is 10.0. The van der Waals surface area contributed by atoms with E-state index in [1.165, 1.54) is 12.1 Å². The number of hydrogen-bond acceptors (Lipinski definition) is 6. The number of amides is 1. The van der Waals surface area contributed by atoms with Crippen molar-refractivity contribution in [3.8, 4) is 16.9 Å². The van der Waals surface area contributed by atoms with Gasteiger partial charge in [-0.3, -0.25) is 4.79 Å². The van der Waals surface area contributed by atoms with Crippen molar-refractivity contribution in [2.45, 2.75) is 12.8 Å². The summed E-state index contributed by atoms with van der Waals surface area (Å²) in [5.74, 6) is -1.57. The lowest BCUT2D eigenvalue weighted by molar-refractivity contribution is -0.117. The van der Waals surface area contributed by atoms with Crippen molar-refractivity contribution in [3.05, 3.63) is 36.3 Å². The fraction of sp³-hybridized carbons (Fsp3) is 0.294. The van der Waals surface area contributed by atoms with Gasteiger partial charge in [-0.15, -0.1) is 0 Å². The third-order valence-electron chi connectivity index (χ3n) is 4.65. The molecule has 0 radical (unpaired) electrons. The Morgan fingerprint density at radius 2 is 1.93 bits per heavy atom. The minimum atomic E-state index is -4.24. The molecule has 0 spiro atoms. The van der Waals surface area contributed by atoms with E-state index in [2.05, 4.69) is 9.88 Å². The average Bonchev–Trinajstić information content (AvgIpc) is 3.23. The lowest BCUT2D eigenvalue weighted by Gasteiger charge is -2.20. The van der Waals surface area contributed by atoms with Gasteiger partial charge in [-0.2, -0.15) is 8.42 Å². The molecular formula is C17H17FN4O4S. The van der Waals surface area contributed by atoms with E-state index < -0.39 is 39.9 Å². The molecule has 1 aromatic carbocycles. The van der Waals surface area contributed by atoms with Crippen molar-refractivity contribution in [1.29, 1.82) is 0 Å². The van der Waals surface area contributed by atoms with E-state index in [4.69, 9.17) is 0 Å². The number of pyridine rings is 1. The van der Waals surface area contributed by atoms with Crippen molar-refractivity contribution in [1.82, 2.24) is 9.71 Å². The summed E-state index contributed by atoms with van der Waals surface area (Å²) < 4.78 is 41.6. The van der Waals surface area contributed by atoms with Crippen LogP contribution in [0.2, 0.25) is 0 Å². The van der Waals surface area contributed by atoms with Crippen molar-refractivity contribution in [2.24, 2.45) is 0 Å². The Kier molecular flexibility index (Phi) is 4.14. The molecule has 2 aliphatic heterocycles. The number of aromatic hydroxyl groups is 1. The van der Waals surface area contributed by atoms with Crippen LogP contribution < -0.4 is 13.9 Å². The molecule has 1 amide bonds. The molecule has 27 heavy (non-hydrogen) atoms. The van der Waals surface area contributed by atoms with Gasteiger partial charge in [-0.25, -0.2) is 18.4 Å². The number of anilines is 2. The number of rotatable bonds is 3. The standard InChI is InChI=1S/C17H17FN4O4S/c18-16-12(11-5-6-19-14(9-11)21-7-1-2-8-21)3-4-13(23)17(16)22-10-15(24)20-27(22,25)26/h3-6,9,23H,1-2,7-8,10H2,(H,20,24). The molecule has 10 heteroatoms. The normalized spacial score (nSPS) is 18.8. The second-order valence-corrected chi connectivity index (χ2v) is 8.02. The predicted octanol–water partition coefficient (Wildman–Crippen LogP) is 1.37. The van der Waals surface area contributed by atoms with Gasteiger partial charge >= 0.3 is 10.2 Å². The molecule has 2 N–H and O–H groups in total. The molecule has 2 aliphatic rings. The number of nitrogens with zero attached hydrogens (tertiary/aromatic N) is 3. The van der Waals surface area contributed by atoms with Crippen molar-refractivity contribution >= 4 is 27.6 Å². The summed E-state index contributed by atoms with van der Waals surface area (Å²) in [6, 6.07) is 5.92. The first-order valence-electron chi connectivity index (χ1n) is 8.43. The first-order valence-corrected chi connectivity index (χ1v) is 9.87. The molecular weight excluding hydrogens is 375 g/mol. The van der Waals surface area contributed by atoms with E-state index in [0.29, 0.717) is 15.7 Å². The number of halogens is 1. The highest BCUT2D eigenvalue weighted by molar-refractivity contribution is 7.92. The minimum absolute atomic E-state index is 0.111. The van der Waals surface area contributed by atoms with E-state index in [-0.39, 0.29) is 5.56 Å². The van der Waals surface area contributed by atoms with Crippen LogP contribution in [0, 0.1) is 5.82 Å². The molecule has 2 fully saturated rings. The number of nitrogens with one attached hydrogen (secondary N) is 1. The van der Waals surface area contributed by atoms with Crippen molar-refractivity contribution < 1.29 is 22.7 Å². The summed E-state index contributed by atoms with van der Waals surface area (Å²) >= 11 is 0. The van der Waals surface area contributed by atoms with Gasteiger partial charge in [0, 0.05) is 24.8 Å². The summed E-state index contributed by atoms with van der Waals surface area (Å²) in [5.41, 5.74) is 0.0621. The second kappa shape index (κ2) is 6.38. The van der Waals surface area contributed by atoms with Gasteiger partial charge < -0.3 is 10.0 Å². The van der Waals surface area contributed by atoms with Gasteiger partial charge in [0.2, 0.25) is 0 Å². The summed E-state index contributed by atoms with van der Waals surface area (Å²) in [6.45, 7) is 1.16. The molecule has 1 aromatic heterocycles. The molecule has 0 bridgehead atoms. The third kappa shape index (κ3) is 3.05. The maximum absolute atomic E-state index is 15.2. The van der Waals surface area contributed by atoms with Crippen LogP contribution >= 0.6 is 0 Å². The monoisotopic (exact) mass is 392 g/mol. The highest BCUT2D eigenvalue weighted by Gasteiger charge is 2.38. The Labute approximate surface area is 155 Å². The van der Waals surface area contributed by atoms with Crippen molar-refractivity contribution in [3.63, 3.8) is 0 Å². The van der Waals surface area contributed by atoms with Gasteiger partial charge in [0.1, 0.15) is 23.8 Å². The summed E-state index contributed by atoms with van der Waals surface area (Å²) in [6.07, 6.45) is 3.70. The topological polar surface area (TPSA) is 103 Å². The largest absolute Gasteiger partial charge is 0.506 e. The van der Waals surface area contributed by atoms with Gasteiger partial charge in [0.05, 0.1) is 0 Å². The zero-order chi connectivity index (χ0) is 19.2. The zero-order valence-electron chi connectivity index (χ0n) is 14.2. The average molecular weight is 392 g/mol. The number of hydrogen-bond donors (Lipinski definition) is 2. The fourth-order valence-electron chi connectivity index (χ4n) is 3.37. The van der Waals surface area contributed by atoms with E-state index in [9.17, 15) is 18.3 Å². The maximum atomic E-state index is 15.2. The number of benzene rings is 1. The Hall–Kier alpha value is -2.88. The van der Waals surface area contributed by atoms with Crippen LogP contribution in [0.3, 0.4) is 0 Å². The highest BCUT2D eigenvalue weighted by atomic mass is 32.2. The molecule has 0 aliphatic carbocycles. The molecule has 2 saturated heterocycles. The highest BCUT2D eigenvalue weighted by Crippen LogP contribution is 2.39. The van der Waals surface area contributed by atoms with Crippen LogP contribution in [0.25, 0.3) is 11.1 Å². The molecule has 0 saturated carbocycles. The number of aromatic nitrogens is 1. The Bertz CT molecular complexity index is 1020. The molecule has 0 unspecified atom stereocenters. The number of carbonyl (C=O) groups is 1. The van der Waals surface area contributed by atoms with E-state index in [1.54, 1.807) is 23.1 Å². The number of phenols is 1. The quantitative estimate of drug-likeness (QED) is 0.818. The van der Waals surface area contributed by atoms with Crippen LogP contribution in [0.15, 0.2) is 30.5 Å². The van der Waals surface area contributed by atoms with E-state index in [0.717, 1.165) is 25.9 Å². The third-order valence-corrected chi connectivity index (χ3v) is 6.03. The second-order valence-electron chi connectivity index (χ2n) is 6.43. The Morgan fingerprint density at radius 3 is 2.59 bits per heavy atom. The molecule has 2 aromatic rings. The van der Waals surface area contributed by atoms with Crippen LogP contribution in [-0.2, 0) is 15.0 Å². The van der Waals surface area contributed by atoms with Crippen molar-refractivity contribution in [2.75, 3.05) is 28.8 Å². The predicted molar refractivity (Wildman–Crippen MR) is 97.2 cm³/mol. The van der Waals surface area contributed by atoms with Gasteiger partial charge in [-0.1, -0.05) is 0 Å². The summed E-state index contributed by atoms with van der Waals surface area (Å²) in [7, 11) is -4.24. The SMILES string of the molecule is O=C1CN(c2c(O)ccc(-c3ccnc(N4CCCC4)c3)c2F)S(=O)(=O)N1. The molecule has 0 atom stereocenters. The summed E-state index contributed by atoms with van der Waals surface area (Å²) in [4.78, 5) is 17.9. The van der Waals surface area contributed by atoms with E-state index in [1.807, 2.05) is 0 Å². The smallest absolute Gasteiger partial charge is 0.326 e. The van der Waals surface area contributed by atoms with Gasteiger partial charge in [-0.05, 0) is 42.7 Å². The van der Waals surface area contributed by atoms with Gasteiger partial charge in [0.15, 0.2) is 5.82 Å². The van der Waals surface area contributed by atoms with Crippen LogP contribution in [0.4, 0.5) is 15.9 Å². The van der Waals surface area contributed by atoms with Gasteiger partial charge in [0.25, 0.3) is 5.91 Å². The van der Waals surface area contributed by atoms with E-state index >= 15 is 4.39 Å². The first-order chi connectivity index (χ1) is 12.9. The van der Waals surface area contributed by atoms with Crippen LogP contribution in [0.5, 0.6) is 5.75 Å². The molecule has 3 heterocycles. The Morgan fingerprint density at radius 1 is 1.19 bits per heavy atom. The van der Waals surface area contributed by atoms with Crippen LogP contribution in [0.1, 0.15) is 12.8 Å². The number of carbonyl (C=O) groups excluding carboxylic acids is 1. The molecule has 142 valence electrons. The first kappa shape index (κ1) is 17.5.